The van der Waals surface area contributed by atoms with Gasteiger partial charge in [-0.1, -0.05) is 18.7 Å². The molecule has 0 aromatic heterocycles. The van der Waals surface area contributed by atoms with Gasteiger partial charge in [0.25, 0.3) is 5.91 Å². The van der Waals surface area contributed by atoms with E-state index < -0.39 is 81.1 Å². The van der Waals surface area contributed by atoms with Crippen LogP contribution in [-0.4, -0.2) is 155 Å². The van der Waals surface area contributed by atoms with E-state index in [0.717, 1.165) is 11.0 Å². The van der Waals surface area contributed by atoms with Crippen LogP contribution in [0.3, 0.4) is 0 Å². The van der Waals surface area contributed by atoms with Gasteiger partial charge in [0.1, 0.15) is 22.8 Å². The normalized spacial score (nSPS) is 30.9. The van der Waals surface area contributed by atoms with E-state index >= 15 is 0 Å². The molecular weight excluding hydrogens is 562 g/mol. The van der Waals surface area contributed by atoms with E-state index in [9.17, 15) is 45.0 Å². The number of aliphatic hydroxyl groups excluding tert-OH is 3. The van der Waals surface area contributed by atoms with Crippen LogP contribution in [0.5, 0.6) is 5.75 Å². The van der Waals surface area contributed by atoms with Crippen molar-refractivity contribution in [1.29, 1.82) is 0 Å². The van der Waals surface area contributed by atoms with E-state index in [1.165, 1.54) is 44.1 Å². The summed E-state index contributed by atoms with van der Waals surface area (Å²) in [5.74, 6) is -9.67. The number of nitrogens with two attached hydrogens (primary N) is 1. The molecule has 41 heavy (non-hydrogen) atoms. The zero-order valence-electron chi connectivity index (χ0n) is 24.1. The average molecular weight is 601 g/mol. The van der Waals surface area contributed by atoms with Crippen molar-refractivity contribution >= 4 is 61.0 Å². The van der Waals surface area contributed by atoms with Gasteiger partial charge in [-0.05, 0) is 38.7 Å². The van der Waals surface area contributed by atoms with Gasteiger partial charge in [-0.25, -0.2) is 0 Å². The van der Waals surface area contributed by atoms with Crippen molar-refractivity contribution in [2.75, 3.05) is 41.8 Å². The van der Waals surface area contributed by atoms with Gasteiger partial charge < -0.3 is 40.9 Å². The summed E-state index contributed by atoms with van der Waals surface area (Å²) in [7, 11) is 9.22. The fourth-order valence-corrected chi connectivity index (χ4v) is 5.98. The van der Waals surface area contributed by atoms with Crippen molar-refractivity contribution in [3.05, 3.63) is 58.9 Å². The number of primary amides is 1. The summed E-state index contributed by atoms with van der Waals surface area (Å²) in [5, 5.41) is 66.3. The summed E-state index contributed by atoms with van der Waals surface area (Å²) in [4.78, 5) is 39.9. The predicted octanol–water partition coefficient (Wildman–Crippen LogP) is -0.902. The molecule has 1 amide bonds. The number of amides is 1. The molecule has 1 aromatic rings. The monoisotopic (exact) mass is 600 g/mol. The maximum Gasteiger partial charge on any atom is 2.00 e. The third-order valence-electron chi connectivity index (χ3n) is 7.71. The number of carbonyl (C=O) groups excluding carboxylic acids is 3. The number of ketones is 2. The molecule has 0 heterocycles. The number of benzene rings is 1. The molecule has 3 aliphatic carbocycles. The van der Waals surface area contributed by atoms with E-state index in [1.54, 1.807) is 0 Å². The van der Waals surface area contributed by atoms with Crippen molar-refractivity contribution < 1.29 is 49.5 Å². The SMILES string of the molecule is C=CC[N+](C)(C)C.CN(C)[C@@H]1C(=O)C(C(N)=O)=C(O)[C@@]2(O)C(=O)C3=C(O)c4c(O)cccc4[C@@](C)(O)[C@H]3[C@H](O)[C@@H]12.[Ca+2]. The molecule has 4 rings (SSSR count). The van der Waals surface area contributed by atoms with Gasteiger partial charge in [0.15, 0.2) is 11.4 Å². The molecule has 8 N–H and O–H groups in total. The first-order valence-corrected chi connectivity index (χ1v) is 12.6. The number of quaternary nitrogens is 1. The van der Waals surface area contributed by atoms with Gasteiger partial charge in [0.2, 0.25) is 5.78 Å². The number of aliphatic hydroxyl groups is 5. The number of likely N-dealkylation sites (N-methyl/N-ethyl adjacent to an activating group) is 2. The molecule has 0 spiro atoms. The zero-order chi connectivity index (χ0) is 30.7. The number of rotatable bonds is 4. The minimum Gasteiger partial charge on any atom is -0.508 e. The molecule has 0 bridgehead atoms. The van der Waals surface area contributed by atoms with Crippen LogP contribution in [0.2, 0.25) is 0 Å². The first-order valence-electron chi connectivity index (χ1n) is 12.6. The third-order valence-corrected chi connectivity index (χ3v) is 7.71. The largest absolute Gasteiger partial charge is 2.00 e. The van der Waals surface area contributed by atoms with Gasteiger partial charge in [-0.2, -0.15) is 0 Å². The molecule has 1 fully saturated rings. The maximum absolute atomic E-state index is 13.7. The Kier molecular flexibility index (Phi) is 10.0. The Morgan fingerprint density at radius 3 is 2.15 bits per heavy atom. The van der Waals surface area contributed by atoms with Crippen LogP contribution in [-0.2, 0) is 20.0 Å². The van der Waals surface area contributed by atoms with Crippen LogP contribution < -0.4 is 5.73 Å². The second-order valence-electron chi connectivity index (χ2n) is 11.8. The number of fused-ring (bicyclic) bond motifs is 3. The van der Waals surface area contributed by atoms with Crippen LogP contribution >= 0.6 is 0 Å². The van der Waals surface area contributed by atoms with Crippen LogP contribution in [0.15, 0.2) is 47.8 Å². The van der Waals surface area contributed by atoms with Crippen molar-refractivity contribution in [3.8, 4) is 5.75 Å². The molecular formula is C28H38CaN3O9+3. The van der Waals surface area contributed by atoms with E-state index in [-0.39, 0.29) is 48.9 Å². The van der Waals surface area contributed by atoms with Gasteiger partial charge in [-0.15, -0.1) is 0 Å². The minimum atomic E-state index is -3.02. The van der Waals surface area contributed by atoms with Crippen molar-refractivity contribution in [1.82, 2.24) is 4.90 Å². The number of carbonyl (C=O) groups is 3. The minimum absolute atomic E-state index is 0. The van der Waals surface area contributed by atoms with Crippen molar-refractivity contribution in [2.24, 2.45) is 17.6 Å². The van der Waals surface area contributed by atoms with Crippen LogP contribution in [0.1, 0.15) is 18.1 Å². The molecule has 6 atom stereocenters. The Morgan fingerprint density at radius 2 is 1.71 bits per heavy atom. The van der Waals surface area contributed by atoms with Crippen LogP contribution in [0.25, 0.3) is 5.76 Å². The fourth-order valence-electron chi connectivity index (χ4n) is 5.98. The van der Waals surface area contributed by atoms with Crippen molar-refractivity contribution in [2.45, 2.75) is 30.3 Å². The molecule has 1 aromatic carbocycles. The first kappa shape index (κ1) is 34.9. The molecule has 0 unspecified atom stereocenters. The summed E-state index contributed by atoms with van der Waals surface area (Å²) in [6.07, 6.45) is 0.0586. The first-order chi connectivity index (χ1) is 18.3. The number of phenols is 1. The topological polar surface area (TPSA) is 202 Å². The Morgan fingerprint density at radius 1 is 1.15 bits per heavy atom. The van der Waals surface area contributed by atoms with Gasteiger partial charge in [-0.3, -0.25) is 19.3 Å². The Balaban J connectivity index is 0.000000655. The Bertz CT molecular complexity index is 1350. The van der Waals surface area contributed by atoms with E-state index in [1.807, 2.05) is 6.08 Å². The van der Waals surface area contributed by atoms with Gasteiger partial charge in [0.05, 0.1) is 68.4 Å². The van der Waals surface area contributed by atoms with Gasteiger partial charge in [0, 0.05) is 0 Å². The summed E-state index contributed by atoms with van der Waals surface area (Å²) >= 11 is 0. The quantitative estimate of drug-likeness (QED) is 0.0982. The zero-order valence-corrected chi connectivity index (χ0v) is 26.3. The maximum atomic E-state index is 13.7. The van der Waals surface area contributed by atoms with Crippen molar-refractivity contribution in [3.63, 3.8) is 0 Å². The second kappa shape index (κ2) is 11.8. The number of phenolic OH excluding ortho intramolecular Hbond substituents is 1. The number of hydrogen-bond donors (Lipinski definition) is 7. The second-order valence-corrected chi connectivity index (χ2v) is 11.8. The predicted molar refractivity (Wildman–Crippen MR) is 150 cm³/mol. The molecule has 1 saturated carbocycles. The third kappa shape index (κ3) is 5.48. The number of hydrogen-bond acceptors (Lipinski definition) is 10. The van der Waals surface area contributed by atoms with Crippen LogP contribution in [0, 0.1) is 11.8 Å². The molecule has 12 nitrogen and oxygen atoms in total. The molecule has 3 aliphatic rings. The molecule has 0 saturated heterocycles. The Hall–Kier alpha value is -2.29. The summed E-state index contributed by atoms with van der Waals surface area (Å²) in [5.41, 5.74) is -1.78. The Labute approximate surface area is 268 Å². The molecule has 0 aliphatic heterocycles. The molecule has 0 radical (unpaired) electrons. The smallest absolute Gasteiger partial charge is 0.508 e. The standard InChI is InChI=1S/C22H24N2O9.C6H14N.Ca/c1-21(32)7-5-4-6-8(25)9(7)15(26)10-12(21)17(28)13-14(24(2)3)16(27)11(20(23)31)19(30)22(13,33)18(10)29;1-5-6-7(2,3)4;/h4-6,12-14,17,25-26,28,30,32-33H,1-3H3,(H2,23,31);5H,1,6H2,2-4H3;/q;+1;+2/t12-,13-,14+,17+,21-,22+;;/m1../s1. The van der Waals surface area contributed by atoms with E-state index in [2.05, 4.69) is 27.7 Å². The molecule has 13 heteroatoms. The fraction of sp³-hybridized carbons (Fsp3) is 0.464. The summed E-state index contributed by atoms with van der Waals surface area (Å²) < 4.78 is 0.976. The van der Waals surface area contributed by atoms with E-state index in [4.69, 9.17) is 5.73 Å². The number of nitrogens with zero attached hydrogens (tertiary/aromatic N) is 2. The average Bonchev–Trinajstić information content (AvgIpc) is 2.81. The molecule has 218 valence electrons. The summed E-state index contributed by atoms with van der Waals surface area (Å²) in [6.45, 7) is 5.93. The van der Waals surface area contributed by atoms with Gasteiger partial charge >= 0.3 is 37.7 Å². The number of aromatic hydroxyl groups is 1. The number of Topliss-reactive ketones (excluding diaryl/α,β-unsaturated/α-hetero) is 2. The van der Waals surface area contributed by atoms with Crippen LogP contribution in [0.4, 0.5) is 0 Å². The summed E-state index contributed by atoms with van der Waals surface area (Å²) in [6, 6.07) is 2.50. The van der Waals surface area contributed by atoms with E-state index in [0.29, 0.717) is 0 Å².